The van der Waals surface area contributed by atoms with E-state index in [1.54, 1.807) is 0 Å². The predicted molar refractivity (Wildman–Crippen MR) is 76.6 cm³/mol. The fourth-order valence-corrected chi connectivity index (χ4v) is 2.67. The van der Waals surface area contributed by atoms with Gasteiger partial charge in [-0.25, -0.2) is 0 Å². The lowest BCUT2D eigenvalue weighted by Crippen LogP contribution is -2.31. The van der Waals surface area contributed by atoms with E-state index in [1.165, 1.54) is 38.2 Å². The molecule has 17 heavy (non-hydrogen) atoms. The molecule has 0 bridgehead atoms. The Kier molecular flexibility index (Phi) is 5.36. The average molecular weight is 250 g/mol. The smallest absolute Gasteiger partial charge is 0.0234 e. The third kappa shape index (κ3) is 4.34. The summed E-state index contributed by atoms with van der Waals surface area (Å²) in [6, 6.07) is 10.8. The van der Waals surface area contributed by atoms with Crippen LogP contribution >= 0.6 is 12.6 Å². The molecule has 3 heteroatoms. The van der Waals surface area contributed by atoms with Gasteiger partial charge in [-0.3, -0.25) is 4.90 Å². The lowest BCUT2D eigenvalue weighted by molar-refractivity contribution is 0.258. The van der Waals surface area contributed by atoms with Crippen molar-refractivity contribution in [1.82, 2.24) is 9.80 Å². The summed E-state index contributed by atoms with van der Waals surface area (Å²) in [6.07, 6.45) is 1.28. The first kappa shape index (κ1) is 12.9. The first-order chi connectivity index (χ1) is 8.38. The van der Waals surface area contributed by atoms with Crippen LogP contribution in [0.1, 0.15) is 12.0 Å². The van der Waals surface area contributed by atoms with Crippen molar-refractivity contribution >= 4 is 12.6 Å². The second-order valence-electron chi connectivity index (χ2n) is 4.68. The Bertz CT molecular complexity index is 315. The summed E-state index contributed by atoms with van der Waals surface area (Å²) < 4.78 is 0. The van der Waals surface area contributed by atoms with Crippen LogP contribution in [0.2, 0.25) is 0 Å². The molecule has 1 aliphatic rings. The molecule has 1 heterocycles. The maximum Gasteiger partial charge on any atom is 0.0234 e. The van der Waals surface area contributed by atoms with Crippen LogP contribution < -0.4 is 0 Å². The molecule has 0 N–H and O–H groups in total. The SMILES string of the molecule is SCCN1CCCN(Cc2ccccc2)CC1. The monoisotopic (exact) mass is 250 g/mol. The third-order valence-corrected chi connectivity index (χ3v) is 3.55. The van der Waals surface area contributed by atoms with E-state index in [2.05, 4.69) is 52.8 Å². The Morgan fingerprint density at radius 2 is 1.65 bits per heavy atom. The van der Waals surface area contributed by atoms with Gasteiger partial charge < -0.3 is 4.90 Å². The summed E-state index contributed by atoms with van der Waals surface area (Å²) >= 11 is 4.31. The first-order valence-electron chi connectivity index (χ1n) is 6.48. The minimum atomic E-state index is 0.971. The topological polar surface area (TPSA) is 6.48 Å². The summed E-state index contributed by atoms with van der Waals surface area (Å²) in [5.41, 5.74) is 1.43. The van der Waals surface area contributed by atoms with E-state index in [1.807, 2.05) is 0 Å². The minimum Gasteiger partial charge on any atom is -0.301 e. The quantitative estimate of drug-likeness (QED) is 0.818. The van der Waals surface area contributed by atoms with Crippen molar-refractivity contribution in [2.24, 2.45) is 0 Å². The summed E-state index contributed by atoms with van der Waals surface area (Å²) in [4.78, 5) is 5.09. The Hall–Kier alpha value is -0.510. The van der Waals surface area contributed by atoms with Gasteiger partial charge in [0.25, 0.3) is 0 Å². The second-order valence-corrected chi connectivity index (χ2v) is 5.13. The van der Waals surface area contributed by atoms with Crippen LogP contribution in [0.4, 0.5) is 0 Å². The first-order valence-corrected chi connectivity index (χ1v) is 7.11. The van der Waals surface area contributed by atoms with Crippen molar-refractivity contribution < 1.29 is 0 Å². The Balaban J connectivity index is 1.83. The van der Waals surface area contributed by atoms with Crippen LogP contribution in [0, 0.1) is 0 Å². The normalized spacial score (nSPS) is 19.1. The van der Waals surface area contributed by atoms with E-state index in [0.717, 1.165) is 18.8 Å². The molecule has 2 nitrogen and oxygen atoms in total. The molecule has 0 amide bonds. The number of rotatable bonds is 4. The number of benzene rings is 1. The molecule has 2 rings (SSSR count). The largest absolute Gasteiger partial charge is 0.301 e. The van der Waals surface area contributed by atoms with Gasteiger partial charge in [-0.15, -0.1) is 0 Å². The highest BCUT2D eigenvalue weighted by atomic mass is 32.1. The van der Waals surface area contributed by atoms with Crippen LogP contribution in [0.25, 0.3) is 0 Å². The van der Waals surface area contributed by atoms with E-state index >= 15 is 0 Å². The predicted octanol–water partition coefficient (Wildman–Crippen LogP) is 2.12. The highest BCUT2D eigenvalue weighted by molar-refractivity contribution is 7.80. The van der Waals surface area contributed by atoms with E-state index < -0.39 is 0 Å². The van der Waals surface area contributed by atoms with Gasteiger partial charge in [0.05, 0.1) is 0 Å². The van der Waals surface area contributed by atoms with Crippen LogP contribution in [0.15, 0.2) is 30.3 Å². The molecule has 1 fully saturated rings. The summed E-state index contributed by atoms with van der Waals surface area (Å²) in [7, 11) is 0. The standard InChI is InChI=1S/C14H22N2S/c17-12-11-15-7-4-8-16(10-9-15)13-14-5-2-1-3-6-14/h1-3,5-6,17H,4,7-13H2. The molecule has 0 aliphatic carbocycles. The molecule has 1 saturated heterocycles. The van der Waals surface area contributed by atoms with Crippen LogP contribution in [-0.4, -0.2) is 48.3 Å². The van der Waals surface area contributed by atoms with Gasteiger partial charge in [-0.2, -0.15) is 12.6 Å². The lowest BCUT2D eigenvalue weighted by atomic mass is 10.2. The van der Waals surface area contributed by atoms with E-state index in [-0.39, 0.29) is 0 Å². The van der Waals surface area contributed by atoms with Crippen LogP contribution in [-0.2, 0) is 6.54 Å². The molecule has 0 radical (unpaired) electrons. The molecule has 1 aromatic carbocycles. The molecule has 0 aromatic heterocycles. The van der Waals surface area contributed by atoms with Crippen molar-refractivity contribution in [1.29, 1.82) is 0 Å². The zero-order valence-electron chi connectivity index (χ0n) is 10.4. The number of nitrogens with zero attached hydrogens (tertiary/aromatic N) is 2. The fraction of sp³-hybridized carbons (Fsp3) is 0.571. The maximum atomic E-state index is 4.31. The molecule has 0 atom stereocenters. The van der Waals surface area contributed by atoms with Gasteiger partial charge in [-0.1, -0.05) is 30.3 Å². The zero-order chi connectivity index (χ0) is 11.9. The van der Waals surface area contributed by atoms with E-state index in [0.29, 0.717) is 0 Å². The Labute approximate surface area is 110 Å². The lowest BCUT2D eigenvalue weighted by Gasteiger charge is -2.21. The molecule has 0 spiro atoms. The van der Waals surface area contributed by atoms with Crippen LogP contribution in [0.3, 0.4) is 0 Å². The number of hydrogen-bond acceptors (Lipinski definition) is 3. The zero-order valence-corrected chi connectivity index (χ0v) is 11.3. The Morgan fingerprint density at radius 3 is 2.41 bits per heavy atom. The van der Waals surface area contributed by atoms with Crippen molar-refractivity contribution in [3.05, 3.63) is 35.9 Å². The summed E-state index contributed by atoms with van der Waals surface area (Å²) in [5, 5.41) is 0. The molecular weight excluding hydrogens is 228 g/mol. The Morgan fingerprint density at radius 1 is 0.941 bits per heavy atom. The third-order valence-electron chi connectivity index (χ3n) is 3.35. The van der Waals surface area contributed by atoms with E-state index in [4.69, 9.17) is 0 Å². The molecule has 1 aliphatic heterocycles. The van der Waals surface area contributed by atoms with Gasteiger partial charge in [0.15, 0.2) is 0 Å². The van der Waals surface area contributed by atoms with Crippen molar-refractivity contribution in [3.63, 3.8) is 0 Å². The second kappa shape index (κ2) is 7.04. The highest BCUT2D eigenvalue weighted by Gasteiger charge is 2.13. The van der Waals surface area contributed by atoms with Crippen LogP contribution in [0.5, 0.6) is 0 Å². The van der Waals surface area contributed by atoms with E-state index in [9.17, 15) is 0 Å². The van der Waals surface area contributed by atoms with Crippen molar-refractivity contribution in [2.75, 3.05) is 38.5 Å². The molecular formula is C14H22N2S. The molecule has 0 unspecified atom stereocenters. The number of thiol groups is 1. The van der Waals surface area contributed by atoms with Gasteiger partial charge in [0, 0.05) is 31.9 Å². The maximum absolute atomic E-state index is 4.31. The van der Waals surface area contributed by atoms with Crippen molar-refractivity contribution in [3.8, 4) is 0 Å². The highest BCUT2D eigenvalue weighted by Crippen LogP contribution is 2.08. The molecule has 1 aromatic rings. The minimum absolute atomic E-state index is 0.971. The van der Waals surface area contributed by atoms with Gasteiger partial charge in [0.1, 0.15) is 0 Å². The average Bonchev–Trinajstić information content (AvgIpc) is 2.57. The summed E-state index contributed by atoms with van der Waals surface area (Å²) in [5.74, 6) is 0.971. The molecule has 94 valence electrons. The number of hydrogen-bond donors (Lipinski definition) is 1. The molecule has 0 saturated carbocycles. The fourth-order valence-electron chi connectivity index (χ4n) is 2.39. The van der Waals surface area contributed by atoms with Gasteiger partial charge in [0.2, 0.25) is 0 Å². The van der Waals surface area contributed by atoms with Gasteiger partial charge in [-0.05, 0) is 25.1 Å². The summed E-state index contributed by atoms with van der Waals surface area (Å²) in [6.45, 7) is 7.04. The van der Waals surface area contributed by atoms with Gasteiger partial charge >= 0.3 is 0 Å². The van der Waals surface area contributed by atoms with Crippen molar-refractivity contribution in [2.45, 2.75) is 13.0 Å².